The summed E-state index contributed by atoms with van der Waals surface area (Å²) < 4.78 is 0. The summed E-state index contributed by atoms with van der Waals surface area (Å²) in [6.07, 6.45) is 1.10. The van der Waals surface area contributed by atoms with Gasteiger partial charge in [0, 0.05) is 25.0 Å². The summed E-state index contributed by atoms with van der Waals surface area (Å²) in [6, 6.07) is 7.43. The second kappa shape index (κ2) is 6.27. The molecule has 2 atom stereocenters. The molecule has 108 valence electrons. The average molecular weight is 295 g/mol. The zero-order chi connectivity index (χ0) is 14.7. The summed E-state index contributed by atoms with van der Waals surface area (Å²) in [7, 11) is 1.73. The summed E-state index contributed by atoms with van der Waals surface area (Å²) in [5, 5.41) is 3.70. The van der Waals surface area contributed by atoms with Gasteiger partial charge >= 0.3 is 0 Å². The number of hydrogen-bond acceptors (Lipinski definition) is 2. The van der Waals surface area contributed by atoms with Gasteiger partial charge in [-0.25, -0.2) is 0 Å². The Hall–Kier alpha value is -1.55. The van der Waals surface area contributed by atoms with E-state index >= 15 is 0 Å². The molecular formula is C15H19ClN2O2. The van der Waals surface area contributed by atoms with Gasteiger partial charge in [0.1, 0.15) is 0 Å². The number of amides is 2. The van der Waals surface area contributed by atoms with Gasteiger partial charge < -0.3 is 10.2 Å². The molecule has 1 aromatic carbocycles. The third-order valence-corrected chi connectivity index (χ3v) is 3.96. The first-order valence-electron chi connectivity index (χ1n) is 6.81. The highest BCUT2D eigenvalue weighted by Crippen LogP contribution is 2.22. The van der Waals surface area contributed by atoms with Gasteiger partial charge in [0.05, 0.1) is 12.0 Å². The molecule has 4 nitrogen and oxygen atoms in total. The van der Waals surface area contributed by atoms with Crippen molar-refractivity contribution >= 4 is 23.4 Å². The molecule has 0 aliphatic carbocycles. The third kappa shape index (κ3) is 3.31. The van der Waals surface area contributed by atoms with E-state index in [9.17, 15) is 9.59 Å². The van der Waals surface area contributed by atoms with Crippen LogP contribution in [0.3, 0.4) is 0 Å². The molecule has 1 heterocycles. The quantitative estimate of drug-likeness (QED) is 0.927. The number of benzene rings is 1. The lowest BCUT2D eigenvalue weighted by molar-refractivity contribution is -0.128. The number of carbonyl (C=O) groups excluding carboxylic acids is 2. The van der Waals surface area contributed by atoms with Crippen molar-refractivity contribution < 1.29 is 9.59 Å². The third-order valence-electron chi connectivity index (χ3n) is 3.71. The highest BCUT2D eigenvalue weighted by Gasteiger charge is 2.32. The minimum atomic E-state index is -0.242. The molecule has 0 unspecified atom stereocenters. The Kier molecular flexibility index (Phi) is 4.65. The van der Waals surface area contributed by atoms with Crippen molar-refractivity contribution in [1.82, 2.24) is 10.2 Å². The summed E-state index contributed by atoms with van der Waals surface area (Å²) in [4.78, 5) is 25.3. The summed E-state index contributed by atoms with van der Waals surface area (Å²) in [5.74, 6) is -0.261. The molecule has 1 N–H and O–H groups in total. The van der Waals surface area contributed by atoms with E-state index in [-0.39, 0.29) is 23.8 Å². The molecule has 20 heavy (non-hydrogen) atoms. The van der Waals surface area contributed by atoms with Crippen LogP contribution in [-0.4, -0.2) is 30.3 Å². The van der Waals surface area contributed by atoms with Gasteiger partial charge in [0.25, 0.3) is 0 Å². The van der Waals surface area contributed by atoms with E-state index in [1.807, 2.05) is 31.2 Å². The molecule has 0 spiro atoms. The van der Waals surface area contributed by atoms with E-state index in [4.69, 9.17) is 11.6 Å². The van der Waals surface area contributed by atoms with E-state index < -0.39 is 0 Å². The first-order chi connectivity index (χ1) is 9.51. The van der Waals surface area contributed by atoms with Gasteiger partial charge in [0.2, 0.25) is 11.8 Å². The van der Waals surface area contributed by atoms with Gasteiger partial charge in [-0.05, 0) is 24.1 Å². The molecule has 1 fully saturated rings. The minimum absolute atomic E-state index is 0.0321. The van der Waals surface area contributed by atoms with E-state index in [0.29, 0.717) is 18.0 Å². The summed E-state index contributed by atoms with van der Waals surface area (Å²) in [5.41, 5.74) is 1.03. The molecule has 5 heteroatoms. The van der Waals surface area contributed by atoms with Gasteiger partial charge in [-0.2, -0.15) is 0 Å². The van der Waals surface area contributed by atoms with Crippen LogP contribution in [0, 0.1) is 5.92 Å². The normalized spacial score (nSPS) is 20.1. The summed E-state index contributed by atoms with van der Waals surface area (Å²) in [6.45, 7) is 2.52. The second-order valence-electron chi connectivity index (χ2n) is 5.20. The number of likely N-dealkylation sites (tertiary alicyclic amines) is 1. The lowest BCUT2D eigenvalue weighted by Gasteiger charge is -2.20. The van der Waals surface area contributed by atoms with Gasteiger partial charge in [0.15, 0.2) is 0 Å². The zero-order valence-electron chi connectivity index (χ0n) is 11.7. The molecule has 0 saturated carbocycles. The zero-order valence-corrected chi connectivity index (χ0v) is 12.5. The fourth-order valence-electron chi connectivity index (χ4n) is 2.44. The Labute approximate surface area is 124 Å². The first-order valence-corrected chi connectivity index (χ1v) is 7.19. The highest BCUT2D eigenvalue weighted by molar-refractivity contribution is 6.30. The molecule has 0 bridgehead atoms. The van der Waals surface area contributed by atoms with Crippen LogP contribution in [0.5, 0.6) is 0 Å². The molecular weight excluding hydrogens is 276 g/mol. The molecule has 2 rings (SSSR count). The van der Waals surface area contributed by atoms with Crippen LogP contribution in [0.4, 0.5) is 0 Å². The maximum Gasteiger partial charge on any atom is 0.225 e. The molecule has 0 radical (unpaired) electrons. The predicted octanol–water partition coefficient (Wildman–Crippen LogP) is 2.39. The van der Waals surface area contributed by atoms with Crippen LogP contribution in [0.25, 0.3) is 0 Å². The van der Waals surface area contributed by atoms with Crippen molar-refractivity contribution in [3.05, 3.63) is 34.9 Å². The number of hydrogen-bond donors (Lipinski definition) is 1. The van der Waals surface area contributed by atoms with Crippen molar-refractivity contribution in [1.29, 1.82) is 0 Å². The second-order valence-corrected chi connectivity index (χ2v) is 5.63. The van der Waals surface area contributed by atoms with Crippen molar-refractivity contribution in [2.24, 2.45) is 5.92 Å². The molecule has 1 aliphatic rings. The number of rotatable bonds is 4. The number of nitrogens with zero attached hydrogens (tertiary/aromatic N) is 1. The standard InChI is InChI=1S/C15H19ClN2O2/c1-3-13(10-4-6-12(16)7-5-10)17-15(20)11-8-14(19)18(2)9-11/h4-7,11,13H,3,8-9H2,1-2H3,(H,17,20)/t11-,13+/m1/s1. The lowest BCUT2D eigenvalue weighted by atomic mass is 10.0. The average Bonchev–Trinajstić information content (AvgIpc) is 2.77. The predicted molar refractivity (Wildman–Crippen MR) is 78.4 cm³/mol. The van der Waals surface area contributed by atoms with Gasteiger partial charge in [-0.15, -0.1) is 0 Å². The van der Waals surface area contributed by atoms with E-state index in [2.05, 4.69) is 5.32 Å². The van der Waals surface area contributed by atoms with E-state index in [1.54, 1.807) is 11.9 Å². The monoisotopic (exact) mass is 294 g/mol. The first kappa shape index (κ1) is 14.9. The van der Waals surface area contributed by atoms with E-state index in [1.165, 1.54) is 0 Å². The van der Waals surface area contributed by atoms with Crippen molar-refractivity contribution in [3.8, 4) is 0 Å². The molecule has 0 aromatic heterocycles. The van der Waals surface area contributed by atoms with Crippen LogP contribution in [-0.2, 0) is 9.59 Å². The fraction of sp³-hybridized carbons (Fsp3) is 0.467. The Balaban J connectivity index is 2.01. The van der Waals surface area contributed by atoms with E-state index in [0.717, 1.165) is 12.0 Å². The van der Waals surface area contributed by atoms with Gasteiger partial charge in [-0.1, -0.05) is 30.7 Å². The van der Waals surface area contributed by atoms with Crippen LogP contribution in [0.15, 0.2) is 24.3 Å². The molecule has 1 aromatic rings. The van der Waals surface area contributed by atoms with Gasteiger partial charge in [-0.3, -0.25) is 9.59 Å². The maximum atomic E-state index is 12.2. The largest absolute Gasteiger partial charge is 0.349 e. The number of halogens is 1. The molecule has 1 saturated heterocycles. The topological polar surface area (TPSA) is 49.4 Å². The Morgan fingerprint density at radius 3 is 2.60 bits per heavy atom. The molecule has 1 aliphatic heterocycles. The van der Waals surface area contributed by atoms with Crippen molar-refractivity contribution in [2.75, 3.05) is 13.6 Å². The highest BCUT2D eigenvalue weighted by atomic mass is 35.5. The van der Waals surface area contributed by atoms with Crippen molar-refractivity contribution in [3.63, 3.8) is 0 Å². The van der Waals surface area contributed by atoms with Crippen LogP contribution in [0.2, 0.25) is 5.02 Å². The molecule has 2 amide bonds. The summed E-state index contributed by atoms with van der Waals surface area (Å²) >= 11 is 5.87. The fourth-order valence-corrected chi connectivity index (χ4v) is 2.57. The Morgan fingerprint density at radius 1 is 1.45 bits per heavy atom. The Bertz CT molecular complexity index is 501. The SMILES string of the molecule is CC[C@H](NC(=O)[C@@H]1CC(=O)N(C)C1)c1ccc(Cl)cc1. The van der Waals surface area contributed by atoms with Crippen LogP contribution < -0.4 is 5.32 Å². The van der Waals surface area contributed by atoms with Crippen LogP contribution in [0.1, 0.15) is 31.4 Å². The maximum absolute atomic E-state index is 12.2. The number of carbonyl (C=O) groups is 2. The Morgan fingerprint density at radius 2 is 2.10 bits per heavy atom. The van der Waals surface area contributed by atoms with Crippen molar-refractivity contribution in [2.45, 2.75) is 25.8 Å². The smallest absolute Gasteiger partial charge is 0.225 e. The minimum Gasteiger partial charge on any atom is -0.349 e. The number of nitrogens with one attached hydrogen (secondary N) is 1. The van der Waals surface area contributed by atoms with Crippen LogP contribution >= 0.6 is 11.6 Å². The lowest BCUT2D eigenvalue weighted by Crippen LogP contribution is -2.34.